The fourth-order valence-electron chi connectivity index (χ4n) is 1.24. The maximum Gasteiger partial charge on any atom is 0.0312 e. The van der Waals surface area contributed by atoms with Crippen LogP contribution in [0, 0.1) is 0 Å². The molecule has 0 saturated carbocycles. The van der Waals surface area contributed by atoms with Crippen molar-refractivity contribution >= 4 is 0 Å². The number of hydrogen-bond donors (Lipinski definition) is 1. The van der Waals surface area contributed by atoms with E-state index in [0.29, 0.717) is 0 Å². The molecule has 2 nitrogen and oxygen atoms in total. The lowest BCUT2D eigenvalue weighted by molar-refractivity contribution is 0.616. The lowest BCUT2D eigenvalue weighted by atomic mass is 10.2. The molecule has 0 aliphatic rings. The van der Waals surface area contributed by atoms with Crippen molar-refractivity contribution in [3.8, 4) is 0 Å². The third-order valence-corrected chi connectivity index (χ3v) is 2.01. The van der Waals surface area contributed by atoms with Gasteiger partial charge in [-0.3, -0.25) is 4.98 Å². The van der Waals surface area contributed by atoms with Crippen LogP contribution in [0.25, 0.3) is 0 Å². The zero-order chi connectivity index (χ0) is 9.36. The van der Waals surface area contributed by atoms with Gasteiger partial charge in [0.1, 0.15) is 0 Å². The molecule has 0 aromatic carbocycles. The molecule has 0 saturated heterocycles. The molecule has 1 heterocycles. The Balaban J connectivity index is 2.07. The van der Waals surface area contributed by atoms with E-state index in [2.05, 4.69) is 23.3 Å². The van der Waals surface area contributed by atoms with Crippen molar-refractivity contribution in [2.24, 2.45) is 0 Å². The number of unbranched alkanes of at least 4 members (excludes halogenated alkanes) is 2. The first-order valence-electron chi connectivity index (χ1n) is 5.03. The first-order chi connectivity index (χ1) is 6.43. The van der Waals surface area contributed by atoms with E-state index in [1.165, 1.54) is 24.8 Å². The van der Waals surface area contributed by atoms with Gasteiger partial charge in [-0.1, -0.05) is 25.8 Å². The third-order valence-electron chi connectivity index (χ3n) is 2.01. The second-order valence-electron chi connectivity index (χ2n) is 3.25. The molecule has 0 fully saturated rings. The molecule has 0 unspecified atom stereocenters. The van der Waals surface area contributed by atoms with Gasteiger partial charge >= 0.3 is 0 Å². The predicted molar refractivity (Wildman–Crippen MR) is 55.5 cm³/mol. The topological polar surface area (TPSA) is 24.9 Å². The maximum absolute atomic E-state index is 4.06. The van der Waals surface area contributed by atoms with Crippen molar-refractivity contribution in [3.05, 3.63) is 30.1 Å². The molecule has 0 aliphatic carbocycles. The SMILES string of the molecule is CCCCCNCc1cccnc1. The Morgan fingerprint density at radius 2 is 2.31 bits per heavy atom. The van der Waals surface area contributed by atoms with E-state index >= 15 is 0 Å². The summed E-state index contributed by atoms with van der Waals surface area (Å²) in [5.74, 6) is 0. The summed E-state index contributed by atoms with van der Waals surface area (Å²) in [6, 6.07) is 4.07. The summed E-state index contributed by atoms with van der Waals surface area (Å²) in [7, 11) is 0. The molecule has 1 aromatic rings. The molecular formula is C11H18N2. The van der Waals surface area contributed by atoms with Crippen LogP contribution < -0.4 is 5.32 Å². The standard InChI is InChI=1S/C11H18N2/c1-2-3-4-7-12-9-11-6-5-8-13-10-11/h5-6,8,10,12H,2-4,7,9H2,1H3. The number of hydrogen-bond acceptors (Lipinski definition) is 2. The van der Waals surface area contributed by atoms with E-state index in [-0.39, 0.29) is 0 Å². The average Bonchev–Trinajstić information content (AvgIpc) is 2.19. The van der Waals surface area contributed by atoms with Crippen molar-refractivity contribution in [3.63, 3.8) is 0 Å². The normalized spacial score (nSPS) is 10.2. The molecule has 0 spiro atoms. The molecule has 1 rings (SSSR count). The minimum atomic E-state index is 0.942. The zero-order valence-electron chi connectivity index (χ0n) is 8.29. The van der Waals surface area contributed by atoms with Gasteiger partial charge in [0.2, 0.25) is 0 Å². The van der Waals surface area contributed by atoms with E-state index < -0.39 is 0 Å². The van der Waals surface area contributed by atoms with Crippen LogP contribution in [-0.2, 0) is 6.54 Å². The van der Waals surface area contributed by atoms with Gasteiger partial charge in [-0.05, 0) is 24.6 Å². The smallest absolute Gasteiger partial charge is 0.0312 e. The second kappa shape index (κ2) is 6.61. The number of pyridine rings is 1. The molecular weight excluding hydrogens is 160 g/mol. The van der Waals surface area contributed by atoms with E-state index in [1.54, 1.807) is 6.20 Å². The lowest BCUT2D eigenvalue weighted by Crippen LogP contribution is -2.14. The van der Waals surface area contributed by atoms with Crippen LogP contribution in [0.3, 0.4) is 0 Å². The summed E-state index contributed by atoms with van der Waals surface area (Å²) >= 11 is 0. The Hall–Kier alpha value is -0.890. The van der Waals surface area contributed by atoms with Crippen LogP contribution in [0.15, 0.2) is 24.5 Å². The van der Waals surface area contributed by atoms with Crippen molar-refractivity contribution in [1.29, 1.82) is 0 Å². The Labute approximate surface area is 80.4 Å². The van der Waals surface area contributed by atoms with Crippen LogP contribution >= 0.6 is 0 Å². The van der Waals surface area contributed by atoms with Crippen LogP contribution in [0.1, 0.15) is 31.7 Å². The van der Waals surface area contributed by atoms with Gasteiger partial charge in [-0.2, -0.15) is 0 Å². The summed E-state index contributed by atoms with van der Waals surface area (Å²) in [6.45, 7) is 4.28. The molecule has 2 heteroatoms. The summed E-state index contributed by atoms with van der Waals surface area (Å²) in [4.78, 5) is 4.06. The quantitative estimate of drug-likeness (QED) is 0.676. The fourth-order valence-corrected chi connectivity index (χ4v) is 1.24. The molecule has 0 aliphatic heterocycles. The highest BCUT2D eigenvalue weighted by molar-refractivity contribution is 5.07. The molecule has 0 bridgehead atoms. The molecule has 72 valence electrons. The number of aromatic nitrogens is 1. The minimum Gasteiger partial charge on any atom is -0.313 e. The van der Waals surface area contributed by atoms with Gasteiger partial charge in [0, 0.05) is 18.9 Å². The molecule has 13 heavy (non-hydrogen) atoms. The van der Waals surface area contributed by atoms with Gasteiger partial charge < -0.3 is 5.32 Å². The van der Waals surface area contributed by atoms with Crippen molar-refractivity contribution < 1.29 is 0 Å². The van der Waals surface area contributed by atoms with E-state index in [9.17, 15) is 0 Å². The molecule has 0 atom stereocenters. The summed E-state index contributed by atoms with van der Waals surface area (Å²) in [6.07, 6.45) is 7.60. The van der Waals surface area contributed by atoms with Crippen molar-refractivity contribution in [2.45, 2.75) is 32.7 Å². The number of nitrogens with one attached hydrogen (secondary N) is 1. The van der Waals surface area contributed by atoms with Crippen LogP contribution in [-0.4, -0.2) is 11.5 Å². The van der Waals surface area contributed by atoms with Gasteiger partial charge in [0.05, 0.1) is 0 Å². The third kappa shape index (κ3) is 4.63. The lowest BCUT2D eigenvalue weighted by Gasteiger charge is -2.03. The zero-order valence-corrected chi connectivity index (χ0v) is 8.29. The fraction of sp³-hybridized carbons (Fsp3) is 0.545. The molecule has 1 N–H and O–H groups in total. The van der Waals surface area contributed by atoms with Gasteiger partial charge in [0.15, 0.2) is 0 Å². The Kier molecular flexibility index (Phi) is 5.18. The maximum atomic E-state index is 4.06. The Morgan fingerprint density at radius 1 is 1.38 bits per heavy atom. The molecule has 0 radical (unpaired) electrons. The number of rotatable bonds is 6. The van der Waals surface area contributed by atoms with E-state index in [4.69, 9.17) is 0 Å². The monoisotopic (exact) mass is 178 g/mol. The molecule has 1 aromatic heterocycles. The minimum absolute atomic E-state index is 0.942. The largest absolute Gasteiger partial charge is 0.313 e. The van der Waals surface area contributed by atoms with Crippen molar-refractivity contribution in [2.75, 3.05) is 6.54 Å². The van der Waals surface area contributed by atoms with E-state index in [1.807, 2.05) is 12.3 Å². The first kappa shape index (κ1) is 10.2. The van der Waals surface area contributed by atoms with Crippen LogP contribution in [0.5, 0.6) is 0 Å². The second-order valence-corrected chi connectivity index (χ2v) is 3.25. The summed E-state index contributed by atoms with van der Waals surface area (Å²) in [5, 5.41) is 3.40. The highest BCUT2D eigenvalue weighted by Gasteiger charge is 1.90. The Bertz CT molecular complexity index is 209. The van der Waals surface area contributed by atoms with Gasteiger partial charge in [-0.25, -0.2) is 0 Å². The van der Waals surface area contributed by atoms with Crippen molar-refractivity contribution in [1.82, 2.24) is 10.3 Å². The van der Waals surface area contributed by atoms with Crippen LogP contribution in [0.2, 0.25) is 0 Å². The summed E-state index contributed by atoms with van der Waals surface area (Å²) < 4.78 is 0. The highest BCUT2D eigenvalue weighted by Crippen LogP contribution is 1.95. The van der Waals surface area contributed by atoms with E-state index in [0.717, 1.165) is 13.1 Å². The summed E-state index contributed by atoms with van der Waals surface area (Å²) in [5.41, 5.74) is 1.26. The Morgan fingerprint density at radius 3 is 3.00 bits per heavy atom. The van der Waals surface area contributed by atoms with Gasteiger partial charge in [-0.15, -0.1) is 0 Å². The average molecular weight is 178 g/mol. The molecule has 0 amide bonds. The highest BCUT2D eigenvalue weighted by atomic mass is 14.8. The first-order valence-corrected chi connectivity index (χ1v) is 5.03. The van der Waals surface area contributed by atoms with Crippen LogP contribution in [0.4, 0.5) is 0 Å². The predicted octanol–water partition coefficient (Wildman–Crippen LogP) is 2.36. The number of nitrogens with zero attached hydrogens (tertiary/aromatic N) is 1. The van der Waals surface area contributed by atoms with Gasteiger partial charge in [0.25, 0.3) is 0 Å².